The summed E-state index contributed by atoms with van der Waals surface area (Å²) >= 11 is 0. The summed E-state index contributed by atoms with van der Waals surface area (Å²) in [5.74, 6) is 1.04. The van der Waals surface area contributed by atoms with Crippen LogP contribution in [0.2, 0.25) is 0 Å². The van der Waals surface area contributed by atoms with E-state index in [2.05, 4.69) is 16.9 Å². The maximum absolute atomic E-state index is 15.0. The first-order valence-corrected chi connectivity index (χ1v) is 8.04. The van der Waals surface area contributed by atoms with Gasteiger partial charge in [-0.15, -0.1) is 0 Å². The molecule has 2 N–H and O–H groups in total. The number of hydrogen-bond acceptors (Lipinski definition) is 3. The Balaban J connectivity index is 2.05. The number of fused-ring (bicyclic) bond motifs is 2. The fourth-order valence-electron chi connectivity index (χ4n) is 3.62. The molecule has 1 aliphatic rings. The average Bonchev–Trinajstić information content (AvgIpc) is 3.14. The number of nitrogen functional groups attached to an aromatic ring is 1. The van der Waals surface area contributed by atoms with E-state index in [1.165, 1.54) is 0 Å². The van der Waals surface area contributed by atoms with Crippen molar-refractivity contribution < 1.29 is 4.39 Å². The third-order valence-corrected chi connectivity index (χ3v) is 4.76. The number of halogens is 1. The zero-order valence-electron chi connectivity index (χ0n) is 13.4. The average molecular weight is 310 g/mol. The Morgan fingerprint density at radius 1 is 1.30 bits per heavy atom. The number of rotatable bonds is 2. The summed E-state index contributed by atoms with van der Waals surface area (Å²) in [5.41, 5.74) is 10.9. The minimum absolute atomic E-state index is 0.152. The lowest BCUT2D eigenvalue weighted by molar-refractivity contribution is 0.616. The first-order chi connectivity index (χ1) is 11.1. The van der Waals surface area contributed by atoms with Crippen molar-refractivity contribution in [1.29, 1.82) is 0 Å². The molecule has 1 aromatic carbocycles. The molecule has 0 bridgehead atoms. The lowest BCUT2D eigenvalue weighted by atomic mass is 10.0. The van der Waals surface area contributed by atoms with E-state index in [4.69, 9.17) is 5.73 Å². The predicted molar refractivity (Wildman–Crippen MR) is 88.9 cm³/mol. The van der Waals surface area contributed by atoms with Gasteiger partial charge in [-0.3, -0.25) is 4.40 Å². The lowest BCUT2D eigenvalue weighted by Crippen LogP contribution is -2.03. The summed E-state index contributed by atoms with van der Waals surface area (Å²) in [6, 6.07) is 3.86. The van der Waals surface area contributed by atoms with Crippen LogP contribution in [-0.2, 0) is 19.3 Å². The molecule has 0 fully saturated rings. The Hall–Kier alpha value is -2.43. The number of nitrogens with two attached hydrogens (primary N) is 1. The van der Waals surface area contributed by atoms with E-state index < -0.39 is 0 Å². The molecule has 1 aliphatic carbocycles. The molecular weight excluding hydrogens is 291 g/mol. The quantitative estimate of drug-likeness (QED) is 0.788. The summed E-state index contributed by atoms with van der Waals surface area (Å²) in [5, 5.41) is 0. The molecule has 23 heavy (non-hydrogen) atoms. The second-order valence-corrected chi connectivity index (χ2v) is 6.10. The zero-order chi connectivity index (χ0) is 16.1. The zero-order valence-corrected chi connectivity index (χ0v) is 13.4. The maximum atomic E-state index is 15.0. The highest BCUT2D eigenvalue weighted by Gasteiger charge is 2.23. The molecule has 118 valence electrons. The van der Waals surface area contributed by atoms with E-state index in [-0.39, 0.29) is 5.82 Å². The van der Waals surface area contributed by atoms with E-state index in [0.717, 1.165) is 48.3 Å². The van der Waals surface area contributed by atoms with Crippen molar-refractivity contribution in [3.63, 3.8) is 0 Å². The first-order valence-electron chi connectivity index (χ1n) is 8.04. The molecular formula is C18H19FN4. The van der Waals surface area contributed by atoms with Gasteiger partial charge in [-0.05, 0) is 49.8 Å². The summed E-state index contributed by atoms with van der Waals surface area (Å²) in [4.78, 5) is 8.89. The van der Waals surface area contributed by atoms with Crippen LogP contribution in [0.4, 0.5) is 10.2 Å². The minimum atomic E-state index is -0.152. The van der Waals surface area contributed by atoms with Gasteiger partial charge in [0, 0.05) is 17.5 Å². The normalized spacial score (nSPS) is 13.7. The third kappa shape index (κ3) is 1.96. The topological polar surface area (TPSA) is 56.2 Å². The van der Waals surface area contributed by atoms with Crippen molar-refractivity contribution in [1.82, 2.24) is 14.4 Å². The molecule has 0 saturated carbocycles. The summed E-state index contributed by atoms with van der Waals surface area (Å²) in [7, 11) is 0. The van der Waals surface area contributed by atoms with Crippen LogP contribution >= 0.6 is 0 Å². The predicted octanol–water partition coefficient (Wildman–Crippen LogP) is 3.48. The Bertz CT molecular complexity index is 927. The summed E-state index contributed by atoms with van der Waals surface area (Å²) < 4.78 is 17.0. The highest BCUT2D eigenvalue weighted by Crippen LogP contribution is 2.35. The van der Waals surface area contributed by atoms with Gasteiger partial charge in [0.1, 0.15) is 28.7 Å². The van der Waals surface area contributed by atoms with Crippen LogP contribution in [0.1, 0.15) is 36.0 Å². The van der Waals surface area contributed by atoms with E-state index in [0.29, 0.717) is 22.6 Å². The van der Waals surface area contributed by atoms with Crippen LogP contribution in [0.15, 0.2) is 18.3 Å². The first kappa shape index (κ1) is 14.2. The van der Waals surface area contributed by atoms with Crippen LogP contribution in [0.3, 0.4) is 0 Å². The second-order valence-electron chi connectivity index (χ2n) is 6.10. The molecule has 0 saturated heterocycles. The van der Waals surface area contributed by atoms with Crippen molar-refractivity contribution in [2.45, 2.75) is 39.5 Å². The Morgan fingerprint density at radius 2 is 2.13 bits per heavy atom. The monoisotopic (exact) mass is 310 g/mol. The Kier molecular flexibility index (Phi) is 3.11. The number of aryl methyl sites for hydroxylation is 3. The number of imidazole rings is 1. The maximum Gasteiger partial charge on any atom is 0.150 e. The molecule has 4 rings (SSSR count). The van der Waals surface area contributed by atoms with Crippen LogP contribution in [0.25, 0.3) is 16.8 Å². The highest BCUT2D eigenvalue weighted by atomic mass is 19.1. The fraction of sp³-hybridized carbons (Fsp3) is 0.333. The molecule has 0 atom stereocenters. The van der Waals surface area contributed by atoms with Crippen LogP contribution < -0.4 is 5.73 Å². The lowest BCUT2D eigenvalue weighted by Gasteiger charge is -2.09. The van der Waals surface area contributed by atoms with Crippen LogP contribution in [-0.4, -0.2) is 14.4 Å². The van der Waals surface area contributed by atoms with Gasteiger partial charge in [-0.25, -0.2) is 14.4 Å². The van der Waals surface area contributed by atoms with Crippen molar-refractivity contribution in [2.24, 2.45) is 0 Å². The summed E-state index contributed by atoms with van der Waals surface area (Å²) in [6.45, 7) is 3.97. The molecule has 0 radical (unpaired) electrons. The number of nitrogens with zero attached hydrogens (tertiary/aromatic N) is 3. The highest BCUT2D eigenvalue weighted by molar-refractivity contribution is 5.86. The second kappa shape index (κ2) is 5.05. The van der Waals surface area contributed by atoms with Crippen LogP contribution in [0, 0.1) is 12.7 Å². The molecule has 0 spiro atoms. The van der Waals surface area contributed by atoms with E-state index in [1.807, 2.05) is 23.5 Å². The minimum Gasteiger partial charge on any atom is -0.382 e. The Morgan fingerprint density at radius 3 is 2.91 bits per heavy atom. The van der Waals surface area contributed by atoms with Gasteiger partial charge >= 0.3 is 0 Å². The number of benzene rings is 1. The van der Waals surface area contributed by atoms with Gasteiger partial charge in [-0.2, -0.15) is 0 Å². The van der Waals surface area contributed by atoms with Crippen molar-refractivity contribution in [2.75, 3.05) is 5.73 Å². The van der Waals surface area contributed by atoms with Gasteiger partial charge < -0.3 is 5.73 Å². The molecule has 0 aliphatic heterocycles. The number of anilines is 1. The number of aromatic nitrogens is 3. The molecule has 3 aromatic rings. The van der Waals surface area contributed by atoms with E-state index >= 15 is 4.39 Å². The smallest absolute Gasteiger partial charge is 0.150 e. The molecule has 0 amide bonds. The summed E-state index contributed by atoms with van der Waals surface area (Å²) in [6.07, 6.45) is 5.35. The molecule has 4 nitrogen and oxygen atoms in total. The van der Waals surface area contributed by atoms with Crippen molar-refractivity contribution in [3.05, 3.63) is 46.8 Å². The molecule has 2 heterocycles. The molecule has 5 heteroatoms. The van der Waals surface area contributed by atoms with Gasteiger partial charge in [-0.1, -0.05) is 13.0 Å². The van der Waals surface area contributed by atoms with Crippen LogP contribution in [0.5, 0.6) is 0 Å². The van der Waals surface area contributed by atoms with Crippen molar-refractivity contribution in [3.8, 4) is 11.3 Å². The Labute approximate surface area is 134 Å². The fourth-order valence-corrected chi connectivity index (χ4v) is 3.62. The molecule has 2 aromatic heterocycles. The van der Waals surface area contributed by atoms with Gasteiger partial charge in [0.05, 0.1) is 0 Å². The third-order valence-electron chi connectivity index (χ3n) is 4.76. The van der Waals surface area contributed by atoms with Crippen molar-refractivity contribution >= 4 is 11.3 Å². The number of hydrogen-bond donors (Lipinski definition) is 1. The van der Waals surface area contributed by atoms with E-state index in [9.17, 15) is 0 Å². The SMILES string of the molecule is CCc1cnc(N)c2c(-c3ccc4c(c3F)CCC4)nc(C)n12. The largest absolute Gasteiger partial charge is 0.382 e. The standard InChI is InChI=1S/C18H19FN4/c1-3-12-9-21-18(20)17-16(22-10(2)23(12)17)14-8-7-11-5-4-6-13(11)15(14)19/h7-9H,3-6H2,1-2H3,(H2,20,21). The molecule has 0 unspecified atom stereocenters. The van der Waals surface area contributed by atoms with Gasteiger partial charge in [0.2, 0.25) is 0 Å². The van der Waals surface area contributed by atoms with Gasteiger partial charge in [0.15, 0.2) is 0 Å². The van der Waals surface area contributed by atoms with Gasteiger partial charge in [0.25, 0.3) is 0 Å². The van der Waals surface area contributed by atoms with E-state index in [1.54, 1.807) is 6.20 Å².